The van der Waals surface area contributed by atoms with Crippen molar-refractivity contribution >= 4 is 34.6 Å². The number of anilines is 1. The summed E-state index contributed by atoms with van der Waals surface area (Å²) in [6, 6.07) is 6.54. The fraction of sp³-hybridized carbons (Fsp3) is 0.211. The van der Waals surface area contributed by atoms with Gasteiger partial charge in [0.05, 0.1) is 28.9 Å². The Hall–Kier alpha value is -3.06. The van der Waals surface area contributed by atoms with E-state index in [0.29, 0.717) is 16.6 Å². The van der Waals surface area contributed by atoms with Crippen LogP contribution in [0.3, 0.4) is 0 Å². The quantitative estimate of drug-likeness (QED) is 0.656. The van der Waals surface area contributed by atoms with Gasteiger partial charge in [-0.2, -0.15) is 5.10 Å². The van der Waals surface area contributed by atoms with Gasteiger partial charge in [0.1, 0.15) is 5.82 Å². The molecular weight excluding hydrogens is 335 g/mol. The highest BCUT2D eigenvalue weighted by atomic mass is 19.1. The van der Waals surface area contributed by atoms with Crippen LogP contribution in [-0.2, 0) is 4.79 Å². The number of halogens is 1. The number of amides is 1. The first kappa shape index (κ1) is 17.8. The highest BCUT2D eigenvalue weighted by molar-refractivity contribution is 5.98. The number of fused-ring (bicyclic) bond motifs is 1. The first-order chi connectivity index (χ1) is 12.4. The number of aromatic nitrogens is 3. The molecule has 0 spiro atoms. The minimum Gasteiger partial charge on any atom is -0.395 e. The van der Waals surface area contributed by atoms with Crippen LogP contribution in [0.5, 0.6) is 0 Å². The van der Waals surface area contributed by atoms with Crippen molar-refractivity contribution in [2.24, 2.45) is 5.41 Å². The number of carbonyl (C=O) groups is 1. The summed E-state index contributed by atoms with van der Waals surface area (Å²) in [5.74, 6) is -1.04. The molecule has 0 radical (unpaired) electrons. The lowest BCUT2D eigenvalue weighted by Crippen LogP contribution is -2.34. The van der Waals surface area contributed by atoms with Gasteiger partial charge >= 0.3 is 0 Å². The summed E-state index contributed by atoms with van der Waals surface area (Å²) in [6.07, 6.45) is 7.04. The van der Waals surface area contributed by atoms with E-state index in [2.05, 4.69) is 20.5 Å². The molecule has 2 heterocycles. The van der Waals surface area contributed by atoms with E-state index in [0.717, 1.165) is 5.56 Å². The second-order valence-corrected chi connectivity index (χ2v) is 6.60. The van der Waals surface area contributed by atoms with Gasteiger partial charge in [0, 0.05) is 23.8 Å². The first-order valence-corrected chi connectivity index (χ1v) is 8.09. The molecule has 3 rings (SSSR count). The molecule has 134 valence electrons. The van der Waals surface area contributed by atoms with Crippen molar-refractivity contribution in [3.05, 3.63) is 53.7 Å². The van der Waals surface area contributed by atoms with Gasteiger partial charge in [0.2, 0.25) is 5.91 Å². The second-order valence-electron chi connectivity index (χ2n) is 6.60. The largest absolute Gasteiger partial charge is 0.395 e. The molecule has 0 fully saturated rings. The number of nitrogens with one attached hydrogen (secondary N) is 2. The Kier molecular flexibility index (Phi) is 4.81. The summed E-state index contributed by atoms with van der Waals surface area (Å²) in [6.45, 7) is 2.82. The lowest BCUT2D eigenvalue weighted by Gasteiger charge is -2.20. The summed E-state index contributed by atoms with van der Waals surface area (Å²) in [5.41, 5.74) is 1.07. The number of aromatic amines is 1. The maximum Gasteiger partial charge on any atom is 0.232 e. The molecule has 0 aliphatic carbocycles. The molecule has 2 aromatic heterocycles. The second kappa shape index (κ2) is 7.05. The number of nitrogens with zero attached hydrogens (tertiary/aromatic N) is 2. The molecule has 6 nitrogen and oxygen atoms in total. The molecule has 1 aromatic carbocycles. The van der Waals surface area contributed by atoms with Gasteiger partial charge in [-0.15, -0.1) is 0 Å². The topological polar surface area (TPSA) is 90.9 Å². The monoisotopic (exact) mass is 354 g/mol. The molecule has 0 bridgehead atoms. The normalized spacial score (nSPS) is 12.0. The van der Waals surface area contributed by atoms with Crippen LogP contribution in [0.4, 0.5) is 10.1 Å². The molecule has 26 heavy (non-hydrogen) atoms. The van der Waals surface area contributed by atoms with Crippen molar-refractivity contribution in [2.45, 2.75) is 13.8 Å². The fourth-order valence-corrected chi connectivity index (χ4v) is 2.29. The maximum atomic E-state index is 14.3. The third-order valence-electron chi connectivity index (χ3n) is 4.06. The van der Waals surface area contributed by atoms with Gasteiger partial charge in [-0.3, -0.25) is 14.9 Å². The predicted molar refractivity (Wildman–Crippen MR) is 98.7 cm³/mol. The molecule has 0 aliphatic rings. The summed E-state index contributed by atoms with van der Waals surface area (Å²) in [4.78, 5) is 16.2. The highest BCUT2D eigenvalue weighted by Gasteiger charge is 2.27. The molecule has 0 unspecified atom stereocenters. The molecule has 3 N–H and O–H groups in total. The van der Waals surface area contributed by atoms with Crippen molar-refractivity contribution in [3.63, 3.8) is 0 Å². The van der Waals surface area contributed by atoms with E-state index in [9.17, 15) is 14.3 Å². The zero-order valence-corrected chi connectivity index (χ0v) is 14.5. The van der Waals surface area contributed by atoms with E-state index in [-0.39, 0.29) is 12.3 Å². The number of hydrogen-bond acceptors (Lipinski definition) is 4. The average molecular weight is 354 g/mol. The minimum absolute atomic E-state index is 0.0430. The number of aliphatic hydroxyl groups excluding tert-OH is 1. The molecule has 0 saturated carbocycles. The maximum absolute atomic E-state index is 14.3. The van der Waals surface area contributed by atoms with Crippen molar-refractivity contribution in [2.75, 3.05) is 11.9 Å². The van der Waals surface area contributed by atoms with Gasteiger partial charge in [0.25, 0.3) is 0 Å². The number of benzene rings is 1. The van der Waals surface area contributed by atoms with Gasteiger partial charge in [-0.1, -0.05) is 12.1 Å². The molecule has 0 atom stereocenters. The molecule has 1 amide bonds. The average Bonchev–Trinajstić information content (AvgIpc) is 3.02. The van der Waals surface area contributed by atoms with E-state index < -0.39 is 17.1 Å². The summed E-state index contributed by atoms with van der Waals surface area (Å²) in [5, 5.41) is 19.5. The van der Waals surface area contributed by atoms with Gasteiger partial charge in [0.15, 0.2) is 0 Å². The summed E-state index contributed by atoms with van der Waals surface area (Å²) >= 11 is 0. The highest BCUT2D eigenvalue weighted by Crippen LogP contribution is 2.27. The number of H-pyrrole nitrogens is 1. The zero-order chi connectivity index (χ0) is 18.7. The SMILES string of the molecule is CC(C)(CO)C(=O)Nc1cc2c(/C=C/c3cccnc3)n[nH]c2cc1F. The van der Waals surface area contributed by atoms with E-state index >= 15 is 0 Å². The van der Waals surface area contributed by atoms with Crippen LogP contribution < -0.4 is 5.32 Å². The van der Waals surface area contributed by atoms with Crippen LogP contribution in [0, 0.1) is 11.2 Å². The van der Waals surface area contributed by atoms with Gasteiger partial charge in [-0.25, -0.2) is 4.39 Å². The van der Waals surface area contributed by atoms with E-state index in [1.54, 1.807) is 32.3 Å². The Bertz CT molecular complexity index is 964. The van der Waals surface area contributed by atoms with Crippen LogP contribution in [0.1, 0.15) is 25.1 Å². The van der Waals surface area contributed by atoms with Crippen LogP contribution in [0.15, 0.2) is 36.7 Å². The Morgan fingerprint density at radius 1 is 1.38 bits per heavy atom. The lowest BCUT2D eigenvalue weighted by atomic mass is 9.93. The number of carbonyl (C=O) groups excluding carboxylic acids is 1. The lowest BCUT2D eigenvalue weighted by molar-refractivity contribution is -0.125. The Labute approximate surface area is 149 Å². The standard InChI is InChI=1S/C19H19FN4O2/c1-19(2,11-25)18(26)22-17-8-13-15(23-24-16(13)9-14(17)20)6-5-12-4-3-7-21-10-12/h3-10,25H,11H2,1-2H3,(H,22,26)(H,23,24)/b6-5+. The van der Waals surface area contributed by atoms with E-state index in [4.69, 9.17) is 0 Å². The summed E-state index contributed by atoms with van der Waals surface area (Å²) < 4.78 is 14.3. The van der Waals surface area contributed by atoms with Crippen LogP contribution in [-0.4, -0.2) is 32.8 Å². The van der Waals surface area contributed by atoms with Crippen LogP contribution in [0.2, 0.25) is 0 Å². The molecule has 3 aromatic rings. The smallest absolute Gasteiger partial charge is 0.232 e. The van der Waals surface area contributed by atoms with Gasteiger partial charge in [-0.05, 0) is 37.6 Å². The fourth-order valence-electron chi connectivity index (χ4n) is 2.29. The Morgan fingerprint density at radius 2 is 2.19 bits per heavy atom. The zero-order valence-electron chi connectivity index (χ0n) is 14.5. The number of hydrogen-bond donors (Lipinski definition) is 3. The Morgan fingerprint density at radius 3 is 2.88 bits per heavy atom. The van der Waals surface area contributed by atoms with Crippen LogP contribution in [0.25, 0.3) is 23.1 Å². The molecule has 0 aliphatic heterocycles. The molecule has 0 saturated heterocycles. The van der Waals surface area contributed by atoms with Crippen molar-refractivity contribution in [1.82, 2.24) is 15.2 Å². The van der Waals surface area contributed by atoms with Gasteiger partial charge < -0.3 is 10.4 Å². The summed E-state index contributed by atoms with van der Waals surface area (Å²) in [7, 11) is 0. The van der Waals surface area contributed by atoms with Crippen molar-refractivity contribution < 1.29 is 14.3 Å². The van der Waals surface area contributed by atoms with Crippen LogP contribution >= 0.6 is 0 Å². The Balaban J connectivity index is 1.93. The first-order valence-electron chi connectivity index (χ1n) is 8.09. The molecule has 7 heteroatoms. The number of pyridine rings is 1. The molecular formula is C19H19FN4O2. The third-order valence-corrected chi connectivity index (χ3v) is 4.06. The predicted octanol–water partition coefficient (Wildman–Crippen LogP) is 3.22. The number of rotatable bonds is 5. The number of aliphatic hydroxyl groups is 1. The minimum atomic E-state index is -1.01. The third kappa shape index (κ3) is 3.62. The van der Waals surface area contributed by atoms with E-state index in [1.807, 2.05) is 18.2 Å². The van der Waals surface area contributed by atoms with E-state index in [1.165, 1.54) is 12.1 Å². The van der Waals surface area contributed by atoms with Crippen molar-refractivity contribution in [1.29, 1.82) is 0 Å². The van der Waals surface area contributed by atoms with Crippen molar-refractivity contribution in [3.8, 4) is 0 Å².